The molecule has 0 amide bonds. The van der Waals surface area contributed by atoms with E-state index >= 15 is 0 Å². The van der Waals surface area contributed by atoms with Crippen LogP contribution in [0.3, 0.4) is 0 Å². The molecule has 0 radical (unpaired) electrons. The van der Waals surface area contributed by atoms with Crippen molar-refractivity contribution in [2.45, 2.75) is 0 Å². The van der Waals surface area contributed by atoms with Gasteiger partial charge in [-0.15, -0.1) is 0 Å². The monoisotopic (exact) mass is 341 g/mol. The molecule has 124 valence electrons. The van der Waals surface area contributed by atoms with Crippen LogP contribution in [-0.4, -0.2) is 21.7 Å². The van der Waals surface area contributed by atoms with Crippen LogP contribution in [0.2, 0.25) is 0 Å². The molecular formula is C22H16BNO2. The third-order valence-electron chi connectivity index (χ3n) is 4.71. The average Bonchev–Trinajstić information content (AvgIpc) is 3.09. The van der Waals surface area contributed by atoms with Gasteiger partial charge in [-0.2, -0.15) is 0 Å². The lowest BCUT2D eigenvalue weighted by Crippen LogP contribution is -2.29. The SMILES string of the molecule is [2H]c1c([2H])c([2H])c2cc(-n3c4ccccc4c4cc(B(O)O)ccc43)ccc2c1[2H]. The first kappa shape index (κ1) is 11.5. The third-order valence-corrected chi connectivity index (χ3v) is 4.71. The first-order valence-electron chi connectivity index (χ1n) is 10.3. The molecule has 0 fully saturated rings. The van der Waals surface area contributed by atoms with E-state index in [0.717, 1.165) is 27.5 Å². The fraction of sp³-hybridized carbons (Fsp3) is 0. The summed E-state index contributed by atoms with van der Waals surface area (Å²) in [7, 11) is -1.56. The summed E-state index contributed by atoms with van der Waals surface area (Å²) in [5, 5.41) is 21.9. The van der Waals surface area contributed by atoms with Crippen LogP contribution in [0.4, 0.5) is 0 Å². The highest BCUT2D eigenvalue weighted by Crippen LogP contribution is 2.32. The maximum atomic E-state index is 9.58. The zero-order chi connectivity index (χ0) is 21.2. The van der Waals surface area contributed by atoms with Gasteiger partial charge in [0.25, 0.3) is 0 Å². The van der Waals surface area contributed by atoms with Gasteiger partial charge in [0, 0.05) is 16.5 Å². The summed E-state index contributed by atoms with van der Waals surface area (Å²) in [6, 6.07) is 17.7. The summed E-state index contributed by atoms with van der Waals surface area (Å²) >= 11 is 0. The molecule has 3 nitrogen and oxygen atoms in total. The largest absolute Gasteiger partial charge is 0.488 e. The molecule has 0 unspecified atom stereocenters. The van der Waals surface area contributed by atoms with Gasteiger partial charge in [0.05, 0.1) is 16.5 Å². The zero-order valence-corrected chi connectivity index (χ0v) is 13.7. The van der Waals surface area contributed by atoms with Gasteiger partial charge in [-0.1, -0.05) is 60.6 Å². The number of aromatic nitrogens is 1. The molecule has 4 aromatic carbocycles. The Kier molecular flexibility index (Phi) is 2.54. The van der Waals surface area contributed by atoms with Crippen LogP contribution in [0.25, 0.3) is 38.3 Å². The van der Waals surface area contributed by atoms with E-state index in [9.17, 15) is 10.0 Å². The second-order valence-electron chi connectivity index (χ2n) is 6.23. The molecule has 0 saturated heterocycles. The minimum atomic E-state index is -1.56. The number of hydrogen-bond acceptors (Lipinski definition) is 2. The molecule has 0 saturated carbocycles. The maximum absolute atomic E-state index is 9.58. The van der Waals surface area contributed by atoms with Crippen molar-refractivity contribution < 1.29 is 15.5 Å². The average molecular weight is 341 g/mol. The van der Waals surface area contributed by atoms with Gasteiger partial charge >= 0.3 is 7.12 Å². The van der Waals surface area contributed by atoms with Gasteiger partial charge < -0.3 is 14.6 Å². The van der Waals surface area contributed by atoms with E-state index in [1.165, 1.54) is 0 Å². The van der Waals surface area contributed by atoms with Gasteiger partial charge in [-0.25, -0.2) is 0 Å². The van der Waals surface area contributed by atoms with E-state index in [4.69, 9.17) is 5.48 Å². The molecule has 0 aliphatic carbocycles. The Balaban J connectivity index is 1.88. The summed E-state index contributed by atoms with van der Waals surface area (Å²) in [5.41, 5.74) is 2.94. The summed E-state index contributed by atoms with van der Waals surface area (Å²) in [4.78, 5) is 0. The van der Waals surface area contributed by atoms with Gasteiger partial charge in [0.1, 0.15) is 0 Å². The summed E-state index contributed by atoms with van der Waals surface area (Å²) in [6.07, 6.45) is 0. The van der Waals surface area contributed by atoms with Crippen molar-refractivity contribution in [1.29, 1.82) is 0 Å². The molecular weight excluding hydrogens is 321 g/mol. The Morgan fingerprint density at radius 3 is 2.38 bits per heavy atom. The van der Waals surface area contributed by atoms with Gasteiger partial charge in [0.2, 0.25) is 0 Å². The molecule has 1 heterocycles. The normalized spacial score (nSPS) is 13.6. The maximum Gasteiger partial charge on any atom is 0.488 e. The number of nitrogens with zero attached hydrogens (tertiary/aromatic N) is 1. The zero-order valence-electron chi connectivity index (χ0n) is 17.7. The van der Waals surface area contributed by atoms with Crippen molar-refractivity contribution in [3.05, 3.63) is 84.8 Å². The number of hydrogen-bond donors (Lipinski definition) is 2. The second-order valence-corrected chi connectivity index (χ2v) is 6.23. The number of para-hydroxylation sites is 1. The fourth-order valence-corrected chi connectivity index (χ4v) is 3.51. The Hall–Kier alpha value is -3.08. The standard InChI is InChI=1S/C22H16BNO2/c25-23(26)17-10-12-22-20(14-17)19-7-3-4-8-21(19)24(22)18-11-9-15-5-1-2-6-16(15)13-18/h1-14,25-26H/i1D,2D,5D,6D. The van der Waals surface area contributed by atoms with E-state index < -0.39 is 7.12 Å². The molecule has 5 rings (SSSR count). The van der Waals surface area contributed by atoms with Gasteiger partial charge in [0.15, 0.2) is 0 Å². The minimum Gasteiger partial charge on any atom is -0.423 e. The van der Waals surface area contributed by atoms with E-state index in [1.54, 1.807) is 24.3 Å². The lowest BCUT2D eigenvalue weighted by molar-refractivity contribution is 0.426. The summed E-state index contributed by atoms with van der Waals surface area (Å²) < 4.78 is 34.3. The van der Waals surface area contributed by atoms with Crippen molar-refractivity contribution in [2.75, 3.05) is 0 Å². The topological polar surface area (TPSA) is 45.4 Å². The van der Waals surface area contributed by atoms with Crippen LogP contribution in [-0.2, 0) is 0 Å². The lowest BCUT2D eigenvalue weighted by Gasteiger charge is -2.09. The molecule has 0 aliphatic rings. The van der Waals surface area contributed by atoms with E-state index in [-0.39, 0.29) is 24.2 Å². The molecule has 0 atom stereocenters. The lowest BCUT2D eigenvalue weighted by atomic mass is 9.80. The fourth-order valence-electron chi connectivity index (χ4n) is 3.51. The molecule has 5 aromatic rings. The predicted molar refractivity (Wildman–Crippen MR) is 108 cm³/mol. The molecule has 0 aliphatic heterocycles. The first-order valence-corrected chi connectivity index (χ1v) is 8.28. The molecule has 1 aromatic heterocycles. The first-order chi connectivity index (χ1) is 14.4. The smallest absolute Gasteiger partial charge is 0.423 e. The van der Waals surface area contributed by atoms with Crippen molar-refractivity contribution in [1.82, 2.24) is 4.57 Å². The molecule has 0 spiro atoms. The predicted octanol–water partition coefficient (Wildman–Crippen LogP) is 3.62. The van der Waals surface area contributed by atoms with E-state index in [2.05, 4.69) is 0 Å². The van der Waals surface area contributed by atoms with E-state index in [0.29, 0.717) is 16.2 Å². The molecule has 2 N–H and O–H groups in total. The van der Waals surface area contributed by atoms with Crippen molar-refractivity contribution in [3.63, 3.8) is 0 Å². The molecule has 26 heavy (non-hydrogen) atoms. The highest BCUT2D eigenvalue weighted by molar-refractivity contribution is 6.59. The van der Waals surface area contributed by atoms with Crippen LogP contribution >= 0.6 is 0 Å². The van der Waals surface area contributed by atoms with Crippen molar-refractivity contribution in [3.8, 4) is 5.69 Å². The highest BCUT2D eigenvalue weighted by Gasteiger charge is 2.16. The molecule has 4 heteroatoms. The number of fused-ring (bicyclic) bond motifs is 4. The Bertz CT molecular complexity index is 1480. The number of benzene rings is 4. The Morgan fingerprint density at radius 1 is 0.769 bits per heavy atom. The summed E-state index contributed by atoms with van der Waals surface area (Å²) in [5.74, 6) is 0. The summed E-state index contributed by atoms with van der Waals surface area (Å²) in [6.45, 7) is 0. The van der Waals surface area contributed by atoms with Gasteiger partial charge in [-0.05, 0) is 40.5 Å². The Labute approximate surface area is 156 Å². The Morgan fingerprint density at radius 2 is 1.54 bits per heavy atom. The van der Waals surface area contributed by atoms with Crippen LogP contribution in [0, 0.1) is 0 Å². The number of rotatable bonds is 2. The third kappa shape index (κ3) is 2.24. The van der Waals surface area contributed by atoms with Crippen molar-refractivity contribution in [2.24, 2.45) is 0 Å². The highest BCUT2D eigenvalue weighted by atomic mass is 16.4. The van der Waals surface area contributed by atoms with Crippen LogP contribution < -0.4 is 5.46 Å². The van der Waals surface area contributed by atoms with Crippen LogP contribution in [0.15, 0.2) is 84.8 Å². The van der Waals surface area contributed by atoms with Crippen molar-refractivity contribution >= 4 is 45.2 Å². The second kappa shape index (κ2) is 5.73. The van der Waals surface area contributed by atoms with Crippen LogP contribution in [0.5, 0.6) is 0 Å². The van der Waals surface area contributed by atoms with Crippen LogP contribution in [0.1, 0.15) is 5.48 Å². The van der Waals surface area contributed by atoms with E-state index in [1.807, 2.05) is 41.0 Å². The minimum absolute atomic E-state index is 0.0543. The quantitative estimate of drug-likeness (QED) is 0.482. The van der Waals surface area contributed by atoms with Gasteiger partial charge in [-0.3, -0.25) is 0 Å². The molecule has 0 bridgehead atoms.